The van der Waals surface area contributed by atoms with Crippen molar-refractivity contribution in [3.05, 3.63) is 33.4 Å². The standard InChI is InChI=1S/C11H8BrFO2S/c1-2-15-11(14)10-8(12)6-4-3-5-7(13)9(6)16-10/h3-5H,2H2,1H3. The van der Waals surface area contributed by atoms with E-state index < -0.39 is 5.97 Å². The van der Waals surface area contributed by atoms with Gasteiger partial charge in [-0.3, -0.25) is 0 Å². The van der Waals surface area contributed by atoms with E-state index >= 15 is 0 Å². The Hall–Kier alpha value is -0.940. The maximum absolute atomic E-state index is 13.5. The molecule has 0 fully saturated rings. The molecule has 0 spiro atoms. The minimum absolute atomic E-state index is 0.308. The number of carbonyl (C=O) groups is 1. The predicted molar refractivity (Wildman–Crippen MR) is 65.4 cm³/mol. The summed E-state index contributed by atoms with van der Waals surface area (Å²) in [6.07, 6.45) is 0. The molecular weight excluding hydrogens is 295 g/mol. The van der Waals surface area contributed by atoms with Gasteiger partial charge in [0.1, 0.15) is 10.7 Å². The fourth-order valence-electron chi connectivity index (χ4n) is 1.38. The van der Waals surface area contributed by atoms with Crippen LogP contribution in [0.1, 0.15) is 16.6 Å². The molecule has 1 aromatic heterocycles. The number of hydrogen-bond donors (Lipinski definition) is 0. The fourth-order valence-corrected chi connectivity index (χ4v) is 3.24. The normalized spacial score (nSPS) is 10.7. The molecule has 0 atom stereocenters. The van der Waals surface area contributed by atoms with E-state index in [4.69, 9.17) is 4.74 Å². The van der Waals surface area contributed by atoms with E-state index in [1.807, 2.05) is 0 Å². The van der Waals surface area contributed by atoms with Gasteiger partial charge in [0.15, 0.2) is 0 Å². The molecule has 0 aliphatic carbocycles. The number of hydrogen-bond acceptors (Lipinski definition) is 3. The zero-order chi connectivity index (χ0) is 11.7. The first-order valence-electron chi connectivity index (χ1n) is 4.68. The molecule has 2 nitrogen and oxygen atoms in total. The second-order valence-corrected chi connectivity index (χ2v) is 4.90. The number of esters is 1. The van der Waals surface area contributed by atoms with Gasteiger partial charge in [-0.2, -0.15) is 0 Å². The maximum atomic E-state index is 13.5. The van der Waals surface area contributed by atoms with Crippen LogP contribution in [0.4, 0.5) is 4.39 Å². The zero-order valence-corrected chi connectivity index (χ0v) is 10.8. The van der Waals surface area contributed by atoms with Crippen molar-refractivity contribution in [2.75, 3.05) is 6.61 Å². The van der Waals surface area contributed by atoms with Crippen LogP contribution in [0.25, 0.3) is 10.1 Å². The van der Waals surface area contributed by atoms with Crippen LogP contribution in [0.3, 0.4) is 0 Å². The Morgan fingerprint density at radius 2 is 2.31 bits per heavy atom. The van der Waals surface area contributed by atoms with Crippen molar-refractivity contribution in [1.82, 2.24) is 0 Å². The third-order valence-electron chi connectivity index (χ3n) is 2.07. The first kappa shape index (κ1) is 11.5. The van der Waals surface area contributed by atoms with E-state index in [2.05, 4.69) is 15.9 Å². The lowest BCUT2D eigenvalue weighted by molar-refractivity contribution is 0.0531. The molecule has 0 saturated carbocycles. The third kappa shape index (κ3) is 1.85. The van der Waals surface area contributed by atoms with Crippen molar-refractivity contribution in [1.29, 1.82) is 0 Å². The van der Waals surface area contributed by atoms with Gasteiger partial charge in [-0.05, 0) is 28.9 Å². The van der Waals surface area contributed by atoms with Crippen LogP contribution in [0, 0.1) is 5.82 Å². The Morgan fingerprint density at radius 3 is 2.94 bits per heavy atom. The van der Waals surface area contributed by atoms with Crippen molar-refractivity contribution in [3.8, 4) is 0 Å². The monoisotopic (exact) mass is 302 g/mol. The van der Waals surface area contributed by atoms with Gasteiger partial charge in [0.25, 0.3) is 0 Å². The van der Waals surface area contributed by atoms with Crippen LogP contribution in [0.2, 0.25) is 0 Å². The Morgan fingerprint density at radius 1 is 1.56 bits per heavy atom. The van der Waals surface area contributed by atoms with Crippen molar-refractivity contribution < 1.29 is 13.9 Å². The number of carbonyl (C=O) groups excluding carboxylic acids is 1. The summed E-state index contributed by atoms with van der Waals surface area (Å²) in [5.41, 5.74) is 0. The molecule has 0 bridgehead atoms. The summed E-state index contributed by atoms with van der Waals surface area (Å²) in [6.45, 7) is 2.04. The largest absolute Gasteiger partial charge is 0.462 e. The quantitative estimate of drug-likeness (QED) is 0.784. The summed E-state index contributed by atoms with van der Waals surface area (Å²) in [4.78, 5) is 12.0. The van der Waals surface area contributed by atoms with Gasteiger partial charge < -0.3 is 4.74 Å². The van der Waals surface area contributed by atoms with Crippen LogP contribution in [-0.4, -0.2) is 12.6 Å². The number of thiophene rings is 1. The van der Waals surface area contributed by atoms with Crippen LogP contribution in [-0.2, 0) is 4.74 Å². The average Bonchev–Trinajstić information content (AvgIpc) is 2.59. The fraction of sp³-hybridized carbons (Fsp3) is 0.182. The molecule has 1 heterocycles. The second kappa shape index (κ2) is 4.51. The lowest BCUT2D eigenvalue weighted by Gasteiger charge is -1.98. The molecule has 0 aliphatic heterocycles. The number of fused-ring (bicyclic) bond motifs is 1. The first-order chi connectivity index (χ1) is 7.65. The van der Waals surface area contributed by atoms with E-state index in [0.717, 1.165) is 11.3 Å². The van der Waals surface area contributed by atoms with Gasteiger partial charge in [0, 0.05) is 5.39 Å². The molecule has 5 heteroatoms. The highest BCUT2D eigenvalue weighted by Crippen LogP contribution is 2.37. The predicted octanol–water partition coefficient (Wildman–Crippen LogP) is 3.98. The van der Waals surface area contributed by atoms with E-state index in [-0.39, 0.29) is 5.82 Å². The number of halogens is 2. The lowest BCUT2D eigenvalue weighted by atomic mass is 10.2. The van der Waals surface area contributed by atoms with Crippen molar-refractivity contribution in [3.63, 3.8) is 0 Å². The third-order valence-corrected chi connectivity index (χ3v) is 4.35. The summed E-state index contributed by atoms with van der Waals surface area (Å²) in [6, 6.07) is 4.76. The SMILES string of the molecule is CCOC(=O)c1sc2c(F)cccc2c1Br. The summed E-state index contributed by atoms with van der Waals surface area (Å²) < 4.78 is 19.4. The molecule has 0 aliphatic rings. The van der Waals surface area contributed by atoms with Gasteiger partial charge in [0.05, 0.1) is 15.8 Å². The molecule has 1 aromatic carbocycles. The highest BCUT2D eigenvalue weighted by Gasteiger charge is 2.19. The summed E-state index contributed by atoms with van der Waals surface area (Å²) in [7, 11) is 0. The number of ether oxygens (including phenoxy) is 1. The Kier molecular flexibility index (Phi) is 3.25. The highest BCUT2D eigenvalue weighted by molar-refractivity contribution is 9.10. The van der Waals surface area contributed by atoms with Crippen molar-refractivity contribution in [2.45, 2.75) is 6.92 Å². The van der Waals surface area contributed by atoms with Gasteiger partial charge in [0.2, 0.25) is 0 Å². The average molecular weight is 303 g/mol. The van der Waals surface area contributed by atoms with Gasteiger partial charge in [-0.15, -0.1) is 11.3 Å². The molecule has 2 aromatic rings. The smallest absolute Gasteiger partial charge is 0.349 e. The first-order valence-corrected chi connectivity index (χ1v) is 6.29. The molecule has 84 valence electrons. The second-order valence-electron chi connectivity index (χ2n) is 3.08. The highest BCUT2D eigenvalue weighted by atomic mass is 79.9. The van der Waals surface area contributed by atoms with Gasteiger partial charge in [-0.1, -0.05) is 12.1 Å². The van der Waals surface area contributed by atoms with Crippen LogP contribution < -0.4 is 0 Å². The van der Waals surface area contributed by atoms with Crippen molar-refractivity contribution in [2.24, 2.45) is 0 Å². The molecular formula is C11H8BrFO2S. The van der Waals surface area contributed by atoms with E-state index in [9.17, 15) is 9.18 Å². The number of benzene rings is 1. The van der Waals surface area contributed by atoms with Crippen LogP contribution in [0.15, 0.2) is 22.7 Å². The molecule has 0 amide bonds. The topological polar surface area (TPSA) is 26.3 Å². The summed E-state index contributed by atoms with van der Waals surface area (Å²) >= 11 is 4.40. The van der Waals surface area contributed by atoms with Crippen LogP contribution in [0.5, 0.6) is 0 Å². The molecule has 0 saturated heterocycles. The minimum atomic E-state index is -0.421. The zero-order valence-electron chi connectivity index (χ0n) is 8.42. The van der Waals surface area contributed by atoms with Gasteiger partial charge in [-0.25, -0.2) is 9.18 Å². The van der Waals surface area contributed by atoms with Crippen molar-refractivity contribution >= 4 is 43.3 Å². The number of rotatable bonds is 2. The Labute approximate surface area is 104 Å². The van der Waals surface area contributed by atoms with Gasteiger partial charge >= 0.3 is 5.97 Å². The molecule has 16 heavy (non-hydrogen) atoms. The Bertz CT molecular complexity index is 550. The van der Waals surface area contributed by atoms with E-state index in [1.54, 1.807) is 19.1 Å². The molecule has 0 N–H and O–H groups in total. The van der Waals surface area contributed by atoms with E-state index in [0.29, 0.717) is 26.0 Å². The van der Waals surface area contributed by atoms with Crippen LogP contribution >= 0.6 is 27.3 Å². The molecule has 2 rings (SSSR count). The Balaban J connectivity index is 2.60. The van der Waals surface area contributed by atoms with E-state index in [1.165, 1.54) is 6.07 Å². The molecule has 0 radical (unpaired) electrons. The summed E-state index contributed by atoms with van der Waals surface area (Å²) in [5.74, 6) is -0.742. The maximum Gasteiger partial charge on any atom is 0.349 e. The molecule has 0 unspecified atom stereocenters. The summed E-state index contributed by atoms with van der Waals surface area (Å²) in [5, 5.41) is 0.702. The lowest BCUT2D eigenvalue weighted by Crippen LogP contribution is -2.02. The minimum Gasteiger partial charge on any atom is -0.462 e.